The van der Waals surface area contributed by atoms with E-state index in [2.05, 4.69) is 98.9 Å². The highest BCUT2D eigenvalue weighted by Crippen LogP contribution is 2.43. The van der Waals surface area contributed by atoms with Crippen molar-refractivity contribution in [3.05, 3.63) is 85.1 Å². The second-order valence-corrected chi connectivity index (χ2v) is 16.2. The molecule has 11 heteroatoms. The largest absolute Gasteiger partial charge is 0.480 e. The van der Waals surface area contributed by atoms with Crippen molar-refractivity contribution in [1.82, 2.24) is 0 Å². The molecule has 0 bridgehead atoms. The third kappa shape index (κ3) is 43.1. The number of nitrogens with two attached hydrogens (primary N) is 1. The van der Waals surface area contributed by atoms with Gasteiger partial charge >= 0.3 is 19.8 Å². The van der Waals surface area contributed by atoms with Crippen LogP contribution in [0.5, 0.6) is 0 Å². The van der Waals surface area contributed by atoms with Crippen LogP contribution >= 0.6 is 7.82 Å². The number of carboxylic acid groups (broad SMARTS) is 1. The highest BCUT2D eigenvalue weighted by molar-refractivity contribution is 7.47. The molecule has 0 aliphatic carbocycles. The van der Waals surface area contributed by atoms with Gasteiger partial charge in [0.15, 0.2) is 0 Å². The number of allylic oxidation sites excluding steroid dienone is 14. The summed E-state index contributed by atoms with van der Waals surface area (Å²) in [7, 11) is -4.63. The van der Waals surface area contributed by atoms with E-state index in [9.17, 15) is 19.0 Å². The molecular weight excluding hydrogens is 766 g/mol. The van der Waals surface area contributed by atoms with E-state index in [1.165, 1.54) is 51.4 Å². The topological polar surface area (TPSA) is 155 Å². The molecule has 3 unspecified atom stereocenters. The maximum atomic E-state index is 12.6. The highest BCUT2D eigenvalue weighted by atomic mass is 31.2. The SMILES string of the molecule is CC/C=C\C/C=C\C/C=C\C/C=C\C/C=C\C/C=C\CCCCCCC(=O)OC(COCCCCCCCC/C=C\CCCCCC)COP(=O)(O)OCC(N)C(=O)O. The monoisotopic (exact) mass is 848 g/mol. The lowest BCUT2D eigenvalue weighted by molar-refractivity contribution is -0.154. The van der Waals surface area contributed by atoms with Crippen LogP contribution in [-0.4, -0.2) is 60.5 Å². The summed E-state index contributed by atoms with van der Waals surface area (Å²) < 4.78 is 33.3. The number of carboxylic acids is 1. The van der Waals surface area contributed by atoms with Crippen LogP contribution in [0.2, 0.25) is 0 Å². The van der Waals surface area contributed by atoms with Gasteiger partial charge in [0.2, 0.25) is 0 Å². The van der Waals surface area contributed by atoms with Crippen LogP contribution in [0.1, 0.15) is 168 Å². The summed E-state index contributed by atoms with van der Waals surface area (Å²) in [4.78, 5) is 33.6. The van der Waals surface area contributed by atoms with Crippen molar-refractivity contribution in [1.29, 1.82) is 0 Å². The quantitative estimate of drug-likeness (QED) is 0.0234. The molecule has 0 amide bonds. The van der Waals surface area contributed by atoms with Crippen LogP contribution in [0.25, 0.3) is 0 Å². The Morgan fingerprint density at radius 1 is 0.559 bits per heavy atom. The molecule has 3 atom stereocenters. The number of hydrogen-bond acceptors (Lipinski definition) is 8. The normalized spacial score (nSPS) is 14.6. The average molecular weight is 848 g/mol. The molecule has 0 saturated heterocycles. The van der Waals surface area contributed by atoms with Crippen molar-refractivity contribution in [3.63, 3.8) is 0 Å². The number of rotatable bonds is 42. The average Bonchev–Trinajstić information content (AvgIpc) is 3.21. The summed E-state index contributed by atoms with van der Waals surface area (Å²) in [6, 6.07) is -1.48. The molecule has 0 fully saturated rings. The molecule has 0 spiro atoms. The molecule has 0 heterocycles. The zero-order valence-corrected chi connectivity index (χ0v) is 37.7. The van der Waals surface area contributed by atoms with Crippen LogP contribution in [0.3, 0.4) is 0 Å². The summed E-state index contributed by atoms with van der Waals surface area (Å²) in [5.74, 6) is -1.81. The lowest BCUT2D eigenvalue weighted by Crippen LogP contribution is -2.34. The van der Waals surface area contributed by atoms with Gasteiger partial charge in [-0.25, -0.2) is 4.57 Å². The number of unbranched alkanes of at least 4 members (excludes halogenated alkanes) is 14. The van der Waals surface area contributed by atoms with Gasteiger partial charge in [0.05, 0.1) is 19.8 Å². The minimum absolute atomic E-state index is 0.00286. The van der Waals surface area contributed by atoms with Crippen LogP contribution in [-0.2, 0) is 32.7 Å². The zero-order chi connectivity index (χ0) is 43.3. The molecule has 0 aliphatic heterocycles. The van der Waals surface area contributed by atoms with Gasteiger partial charge in [-0.2, -0.15) is 0 Å². The van der Waals surface area contributed by atoms with Crippen molar-refractivity contribution in [3.8, 4) is 0 Å². The van der Waals surface area contributed by atoms with Gasteiger partial charge in [-0.05, 0) is 89.9 Å². The first-order chi connectivity index (χ1) is 28.7. The summed E-state index contributed by atoms with van der Waals surface area (Å²) in [6.45, 7) is 3.69. The first-order valence-electron chi connectivity index (χ1n) is 22.6. The van der Waals surface area contributed by atoms with E-state index in [0.717, 1.165) is 89.9 Å². The first-order valence-corrected chi connectivity index (χ1v) is 24.1. The number of phosphoric acid groups is 1. The number of esters is 1. The molecule has 0 radical (unpaired) electrons. The Hall–Kier alpha value is -2.85. The second-order valence-electron chi connectivity index (χ2n) is 14.8. The lowest BCUT2D eigenvalue weighted by atomic mass is 10.1. The van der Waals surface area contributed by atoms with E-state index in [1.54, 1.807) is 0 Å². The molecule has 0 rings (SSSR count). The predicted molar refractivity (Wildman–Crippen MR) is 244 cm³/mol. The van der Waals surface area contributed by atoms with E-state index in [0.29, 0.717) is 13.0 Å². The fraction of sp³-hybridized carbons (Fsp3) is 0.667. The molecule has 0 aromatic carbocycles. The smallest absolute Gasteiger partial charge is 0.472 e. The number of carbonyl (C=O) groups is 2. The minimum Gasteiger partial charge on any atom is -0.480 e. The number of aliphatic carboxylic acids is 1. The molecule has 338 valence electrons. The van der Waals surface area contributed by atoms with E-state index in [1.807, 2.05) is 0 Å². The standard InChI is InChI=1S/C48H82NO9P/c1-3-5-7-9-11-13-15-17-19-20-21-22-23-24-25-26-27-28-30-32-34-36-38-40-47(50)58-45(43-56-59(53,54)57-44-46(49)48(51)52)42-55-41-39-37-35-33-31-29-18-16-14-12-10-8-6-4-2/h5,7,11,13-14,16-17,19,21-22,24-25,27-28,45-46H,3-4,6,8-10,12,15,18,20,23,26,29-44,49H2,1-2H3,(H,51,52)(H,53,54)/b7-5-,13-11-,16-14-,19-17-,22-21-,25-24-,28-27-. The molecule has 0 aromatic rings. The Balaban J connectivity index is 4.30. The molecule has 0 aliphatic rings. The Kier molecular flexibility index (Phi) is 41.2. The Morgan fingerprint density at radius 3 is 1.49 bits per heavy atom. The summed E-state index contributed by atoms with van der Waals surface area (Å²) in [5, 5.41) is 8.90. The number of hydrogen-bond donors (Lipinski definition) is 3. The highest BCUT2D eigenvalue weighted by Gasteiger charge is 2.27. The van der Waals surface area contributed by atoms with E-state index >= 15 is 0 Å². The molecule has 0 aromatic heterocycles. The fourth-order valence-corrected chi connectivity index (χ4v) is 6.44. The van der Waals surface area contributed by atoms with Crippen LogP contribution < -0.4 is 5.73 Å². The van der Waals surface area contributed by atoms with Crippen molar-refractivity contribution in [2.24, 2.45) is 5.73 Å². The number of ether oxygens (including phenoxy) is 2. The molecule has 4 N–H and O–H groups in total. The predicted octanol–water partition coefficient (Wildman–Crippen LogP) is 12.8. The maximum Gasteiger partial charge on any atom is 0.472 e. The summed E-state index contributed by atoms with van der Waals surface area (Å²) in [6.07, 6.45) is 54.9. The second kappa shape index (κ2) is 43.2. The fourth-order valence-electron chi connectivity index (χ4n) is 5.66. The van der Waals surface area contributed by atoms with Crippen molar-refractivity contribution < 1.29 is 42.7 Å². The number of carbonyl (C=O) groups excluding carboxylic acids is 1. The lowest BCUT2D eigenvalue weighted by Gasteiger charge is -2.20. The molecular formula is C48H82NO9P. The van der Waals surface area contributed by atoms with Crippen molar-refractivity contribution >= 4 is 19.8 Å². The summed E-state index contributed by atoms with van der Waals surface area (Å²) >= 11 is 0. The van der Waals surface area contributed by atoms with Crippen LogP contribution in [0.15, 0.2) is 85.1 Å². The number of phosphoric ester groups is 1. The third-order valence-corrected chi connectivity index (χ3v) is 10.1. The zero-order valence-electron chi connectivity index (χ0n) is 36.8. The Bertz CT molecular complexity index is 1260. The Labute approximate surface area is 358 Å². The van der Waals surface area contributed by atoms with Gasteiger partial charge in [-0.1, -0.05) is 157 Å². The van der Waals surface area contributed by atoms with Gasteiger partial charge in [0.25, 0.3) is 0 Å². The Morgan fingerprint density at radius 2 is 0.983 bits per heavy atom. The molecule has 0 saturated carbocycles. The van der Waals surface area contributed by atoms with E-state index < -0.39 is 45.1 Å². The summed E-state index contributed by atoms with van der Waals surface area (Å²) in [5.41, 5.74) is 5.35. The molecule has 10 nitrogen and oxygen atoms in total. The minimum atomic E-state index is -4.63. The van der Waals surface area contributed by atoms with Gasteiger partial charge in [-0.3, -0.25) is 18.6 Å². The maximum absolute atomic E-state index is 12.6. The molecule has 59 heavy (non-hydrogen) atoms. The van der Waals surface area contributed by atoms with Crippen LogP contribution in [0, 0.1) is 0 Å². The van der Waals surface area contributed by atoms with Gasteiger partial charge in [0, 0.05) is 13.0 Å². The first kappa shape index (κ1) is 56.1. The van der Waals surface area contributed by atoms with Gasteiger partial charge < -0.3 is 25.2 Å². The van der Waals surface area contributed by atoms with Gasteiger partial charge in [0.1, 0.15) is 12.1 Å². The van der Waals surface area contributed by atoms with E-state index in [4.69, 9.17) is 29.4 Å². The van der Waals surface area contributed by atoms with E-state index in [-0.39, 0.29) is 13.0 Å². The van der Waals surface area contributed by atoms with Crippen molar-refractivity contribution in [2.75, 3.05) is 26.4 Å². The third-order valence-electron chi connectivity index (χ3n) is 9.16. The van der Waals surface area contributed by atoms with Crippen LogP contribution in [0.4, 0.5) is 0 Å². The van der Waals surface area contributed by atoms with Crippen molar-refractivity contribution in [2.45, 2.75) is 180 Å². The van der Waals surface area contributed by atoms with Gasteiger partial charge in [-0.15, -0.1) is 0 Å².